The first-order chi connectivity index (χ1) is 17.0. The van der Waals surface area contributed by atoms with E-state index < -0.39 is 6.04 Å². The van der Waals surface area contributed by atoms with Crippen LogP contribution in [0.4, 0.5) is 10.5 Å². The number of nitrogens with one attached hydrogen (secondary N) is 1. The van der Waals surface area contributed by atoms with Crippen LogP contribution in [0.25, 0.3) is 16.6 Å². The van der Waals surface area contributed by atoms with Gasteiger partial charge in [0.2, 0.25) is 0 Å². The second-order valence-corrected chi connectivity index (χ2v) is 8.39. The van der Waals surface area contributed by atoms with Crippen LogP contribution in [0.1, 0.15) is 32.1 Å². The Labute approximate surface area is 208 Å². The maximum Gasteiger partial charge on any atom is 0.322 e. The largest absolute Gasteiger partial charge is 0.495 e. The van der Waals surface area contributed by atoms with E-state index in [4.69, 9.17) is 21.3 Å². The van der Waals surface area contributed by atoms with Crippen molar-refractivity contribution < 1.29 is 9.53 Å². The van der Waals surface area contributed by atoms with Gasteiger partial charge in [0.05, 0.1) is 29.7 Å². The topological polar surface area (TPSA) is 76.5 Å². The monoisotopic (exact) mass is 490 g/mol. The zero-order valence-corrected chi connectivity index (χ0v) is 20.6. The van der Waals surface area contributed by atoms with E-state index in [1.165, 1.54) is 0 Å². The van der Waals surface area contributed by atoms with E-state index in [2.05, 4.69) is 5.32 Å². The van der Waals surface area contributed by atoms with Gasteiger partial charge in [0.25, 0.3) is 5.56 Å². The number of halogens is 1. The van der Waals surface area contributed by atoms with Crippen molar-refractivity contribution in [3.63, 3.8) is 0 Å². The van der Waals surface area contributed by atoms with Crippen LogP contribution in [0.2, 0.25) is 5.02 Å². The molecule has 8 heteroatoms. The number of carbonyl (C=O) groups is 1. The predicted molar refractivity (Wildman–Crippen MR) is 140 cm³/mol. The summed E-state index contributed by atoms with van der Waals surface area (Å²) in [4.78, 5) is 33.7. The fourth-order valence-corrected chi connectivity index (χ4v) is 4.42. The molecule has 1 unspecified atom stereocenters. The number of hydrogen-bond donors (Lipinski definition) is 1. The number of anilines is 1. The number of rotatable bonds is 7. The van der Waals surface area contributed by atoms with Gasteiger partial charge in [0, 0.05) is 17.3 Å². The van der Waals surface area contributed by atoms with E-state index in [9.17, 15) is 9.59 Å². The van der Waals surface area contributed by atoms with Gasteiger partial charge in [-0.1, -0.05) is 48.9 Å². The van der Waals surface area contributed by atoms with Gasteiger partial charge < -0.3 is 15.0 Å². The molecule has 180 valence electrons. The molecule has 2 amide bonds. The van der Waals surface area contributed by atoms with Gasteiger partial charge in [-0.3, -0.25) is 9.36 Å². The average molecular weight is 491 g/mol. The summed E-state index contributed by atoms with van der Waals surface area (Å²) in [7, 11) is 1.56. The van der Waals surface area contributed by atoms with E-state index in [0.717, 1.165) is 0 Å². The minimum Gasteiger partial charge on any atom is -0.495 e. The minimum absolute atomic E-state index is 0.222. The smallest absolute Gasteiger partial charge is 0.322 e. The second-order valence-electron chi connectivity index (χ2n) is 7.95. The molecule has 3 aromatic carbocycles. The number of methoxy groups -OCH3 is 1. The molecule has 0 radical (unpaired) electrons. The number of fused-ring (bicyclic) bond motifs is 1. The first kappa shape index (κ1) is 24.3. The lowest BCUT2D eigenvalue weighted by Gasteiger charge is -2.31. The fraction of sp³-hybridized carbons (Fsp3) is 0.222. The summed E-state index contributed by atoms with van der Waals surface area (Å²) < 4.78 is 7.13. The summed E-state index contributed by atoms with van der Waals surface area (Å²) in [5, 5.41) is 3.93. The Morgan fingerprint density at radius 2 is 1.83 bits per heavy atom. The molecule has 7 nitrogen and oxygen atoms in total. The molecule has 0 bridgehead atoms. The van der Waals surface area contributed by atoms with Crippen molar-refractivity contribution in [1.29, 1.82) is 0 Å². The first-order valence-corrected chi connectivity index (χ1v) is 11.8. The molecule has 0 fully saturated rings. The van der Waals surface area contributed by atoms with Crippen LogP contribution in [0.3, 0.4) is 0 Å². The summed E-state index contributed by atoms with van der Waals surface area (Å²) in [6, 6.07) is 20.7. The van der Waals surface area contributed by atoms with Crippen LogP contribution in [-0.2, 0) is 0 Å². The Balaban J connectivity index is 1.88. The molecule has 0 saturated carbocycles. The summed E-state index contributed by atoms with van der Waals surface area (Å²) in [6.45, 7) is 4.26. The van der Waals surface area contributed by atoms with Crippen molar-refractivity contribution >= 4 is 34.2 Å². The standard InChI is InChI=1S/C27H27ClN4O3/c1-4-22(31(5-2)27(34)29-19-12-10-11-18(28)17-19)25-30-21-14-7-6-13-20(21)26(33)32(25)23-15-8-9-16-24(23)35-3/h6-17,22H,4-5H2,1-3H3,(H,29,34). The highest BCUT2D eigenvalue weighted by Crippen LogP contribution is 2.30. The highest BCUT2D eigenvalue weighted by Gasteiger charge is 2.29. The van der Waals surface area contributed by atoms with E-state index in [-0.39, 0.29) is 11.6 Å². The van der Waals surface area contributed by atoms with Crippen LogP contribution >= 0.6 is 11.6 Å². The summed E-state index contributed by atoms with van der Waals surface area (Å²) >= 11 is 6.09. The lowest BCUT2D eigenvalue weighted by atomic mass is 10.1. The number of amides is 2. The molecule has 0 saturated heterocycles. The van der Waals surface area contributed by atoms with E-state index in [1.54, 1.807) is 53.0 Å². The quantitative estimate of drug-likeness (QED) is 0.342. The third-order valence-electron chi connectivity index (χ3n) is 5.87. The minimum atomic E-state index is -0.485. The SMILES string of the molecule is CCC(c1nc2ccccc2c(=O)n1-c1ccccc1OC)N(CC)C(=O)Nc1cccc(Cl)c1. The summed E-state index contributed by atoms with van der Waals surface area (Å²) in [6.07, 6.45) is 0.538. The number of hydrogen-bond acceptors (Lipinski definition) is 4. The molecule has 0 aliphatic heterocycles. The maximum absolute atomic E-state index is 13.8. The highest BCUT2D eigenvalue weighted by atomic mass is 35.5. The lowest BCUT2D eigenvalue weighted by Crippen LogP contribution is -2.40. The van der Waals surface area contributed by atoms with E-state index in [1.807, 2.05) is 50.2 Å². The van der Waals surface area contributed by atoms with Crippen LogP contribution in [0.5, 0.6) is 5.75 Å². The average Bonchev–Trinajstić information content (AvgIpc) is 2.87. The zero-order chi connectivity index (χ0) is 24.9. The Bertz CT molecular complexity index is 1420. The zero-order valence-electron chi connectivity index (χ0n) is 19.9. The van der Waals surface area contributed by atoms with Gasteiger partial charge in [-0.05, 0) is 55.8 Å². The number of urea groups is 1. The second kappa shape index (κ2) is 10.6. The van der Waals surface area contributed by atoms with Gasteiger partial charge >= 0.3 is 6.03 Å². The number of carbonyl (C=O) groups excluding carboxylic acids is 1. The molecule has 0 aliphatic rings. The molecule has 35 heavy (non-hydrogen) atoms. The Kier molecular flexibility index (Phi) is 7.36. The number of aromatic nitrogens is 2. The van der Waals surface area contributed by atoms with Gasteiger partial charge in [-0.2, -0.15) is 0 Å². The molecule has 0 spiro atoms. The molecular weight excluding hydrogens is 464 g/mol. The van der Waals surface area contributed by atoms with Gasteiger partial charge in [-0.25, -0.2) is 9.78 Å². The van der Waals surface area contributed by atoms with Crippen LogP contribution in [0.15, 0.2) is 77.6 Å². The third kappa shape index (κ3) is 4.86. The number of para-hydroxylation sites is 3. The van der Waals surface area contributed by atoms with Crippen LogP contribution in [-0.4, -0.2) is 34.1 Å². The number of ether oxygens (including phenoxy) is 1. The van der Waals surface area contributed by atoms with Gasteiger partial charge in [-0.15, -0.1) is 0 Å². The van der Waals surface area contributed by atoms with Crippen LogP contribution in [0, 0.1) is 0 Å². The van der Waals surface area contributed by atoms with Crippen molar-refractivity contribution in [2.45, 2.75) is 26.3 Å². The number of benzene rings is 3. The molecule has 1 atom stereocenters. The molecule has 1 N–H and O–H groups in total. The highest BCUT2D eigenvalue weighted by molar-refractivity contribution is 6.30. The van der Waals surface area contributed by atoms with Crippen LogP contribution < -0.4 is 15.6 Å². The third-order valence-corrected chi connectivity index (χ3v) is 6.10. The van der Waals surface area contributed by atoms with E-state index in [0.29, 0.717) is 51.8 Å². The van der Waals surface area contributed by atoms with Crippen molar-refractivity contribution in [1.82, 2.24) is 14.5 Å². The first-order valence-electron chi connectivity index (χ1n) is 11.5. The Morgan fingerprint density at radius 3 is 2.54 bits per heavy atom. The molecule has 0 aliphatic carbocycles. The molecule has 1 aromatic heterocycles. The normalized spacial score (nSPS) is 11.8. The molecule has 4 aromatic rings. The van der Waals surface area contributed by atoms with Crippen molar-refractivity contribution in [2.24, 2.45) is 0 Å². The Morgan fingerprint density at radius 1 is 1.09 bits per heavy atom. The summed E-state index contributed by atoms with van der Waals surface area (Å²) in [5.74, 6) is 0.998. The van der Waals surface area contributed by atoms with E-state index >= 15 is 0 Å². The fourth-order valence-electron chi connectivity index (χ4n) is 4.23. The molecule has 4 rings (SSSR count). The van der Waals surface area contributed by atoms with Crippen molar-refractivity contribution in [2.75, 3.05) is 19.0 Å². The molecular formula is C27H27ClN4O3. The van der Waals surface area contributed by atoms with Gasteiger partial charge in [0.15, 0.2) is 0 Å². The number of nitrogens with zero attached hydrogens (tertiary/aromatic N) is 3. The predicted octanol–water partition coefficient (Wildman–Crippen LogP) is 6.05. The van der Waals surface area contributed by atoms with Crippen molar-refractivity contribution in [3.05, 3.63) is 94.0 Å². The molecule has 1 heterocycles. The summed E-state index contributed by atoms with van der Waals surface area (Å²) in [5.41, 5.74) is 1.51. The van der Waals surface area contributed by atoms with Crippen molar-refractivity contribution in [3.8, 4) is 11.4 Å². The Hall–Kier alpha value is -3.84. The van der Waals surface area contributed by atoms with Gasteiger partial charge in [0.1, 0.15) is 11.6 Å². The maximum atomic E-state index is 13.8. The lowest BCUT2D eigenvalue weighted by molar-refractivity contribution is 0.185.